The van der Waals surface area contributed by atoms with Gasteiger partial charge in [0.15, 0.2) is 5.65 Å². The van der Waals surface area contributed by atoms with Crippen molar-refractivity contribution in [1.29, 1.82) is 5.26 Å². The van der Waals surface area contributed by atoms with E-state index >= 15 is 0 Å². The van der Waals surface area contributed by atoms with Crippen LogP contribution in [0.15, 0.2) is 65.8 Å². The molecule has 4 aromatic rings. The average molecular weight is 416 g/mol. The van der Waals surface area contributed by atoms with E-state index in [9.17, 15) is 14.0 Å². The van der Waals surface area contributed by atoms with Crippen molar-refractivity contribution in [2.75, 3.05) is 6.54 Å². The predicted octanol–water partition coefficient (Wildman–Crippen LogP) is 2.08. The number of nitrogens with zero attached hydrogens (tertiary/aromatic N) is 5. The SMILES string of the molecule is N#Cc1ccc(C(=O)NCCn2ncc3c(=O)n(Cc4cccc(F)c4)cnc32)cc1. The topological polar surface area (TPSA) is 106 Å². The maximum absolute atomic E-state index is 13.4. The number of hydrogen-bond acceptors (Lipinski definition) is 5. The van der Waals surface area contributed by atoms with Crippen LogP contribution >= 0.6 is 0 Å². The fourth-order valence-electron chi connectivity index (χ4n) is 3.18. The highest BCUT2D eigenvalue weighted by atomic mass is 19.1. The van der Waals surface area contributed by atoms with Crippen LogP contribution in [0.25, 0.3) is 11.0 Å². The van der Waals surface area contributed by atoms with Crippen LogP contribution < -0.4 is 10.9 Å². The molecule has 0 atom stereocenters. The average Bonchev–Trinajstić information content (AvgIpc) is 3.19. The molecule has 0 bridgehead atoms. The Morgan fingerprint density at radius 1 is 1.19 bits per heavy atom. The van der Waals surface area contributed by atoms with Crippen molar-refractivity contribution in [2.24, 2.45) is 0 Å². The summed E-state index contributed by atoms with van der Waals surface area (Å²) in [6, 6.07) is 14.4. The van der Waals surface area contributed by atoms with Gasteiger partial charge in [0, 0.05) is 12.1 Å². The fourth-order valence-corrected chi connectivity index (χ4v) is 3.18. The summed E-state index contributed by atoms with van der Waals surface area (Å²) in [5.41, 5.74) is 1.72. The maximum atomic E-state index is 13.4. The molecule has 31 heavy (non-hydrogen) atoms. The standard InChI is InChI=1S/C22H17FN6O2/c23-18-3-1-2-16(10-18)13-28-14-26-20-19(22(28)31)12-27-29(20)9-8-25-21(30)17-6-4-15(11-24)5-7-17/h1-7,10,12,14H,8-9,13H2,(H,25,30). The van der Waals surface area contributed by atoms with E-state index in [0.29, 0.717) is 34.3 Å². The Hall–Kier alpha value is -4.32. The third-order valence-electron chi connectivity index (χ3n) is 4.75. The molecule has 0 aliphatic rings. The highest BCUT2D eigenvalue weighted by Crippen LogP contribution is 2.08. The van der Waals surface area contributed by atoms with Gasteiger partial charge in [0.1, 0.15) is 17.5 Å². The molecule has 2 aromatic carbocycles. The number of aromatic nitrogens is 4. The van der Waals surface area contributed by atoms with Crippen molar-refractivity contribution in [3.05, 3.63) is 93.9 Å². The first-order chi connectivity index (χ1) is 15.0. The minimum Gasteiger partial charge on any atom is -0.350 e. The number of fused-ring (bicyclic) bond motifs is 1. The predicted molar refractivity (Wildman–Crippen MR) is 111 cm³/mol. The Morgan fingerprint density at radius 3 is 2.74 bits per heavy atom. The first-order valence-electron chi connectivity index (χ1n) is 9.49. The summed E-state index contributed by atoms with van der Waals surface area (Å²) >= 11 is 0. The quantitative estimate of drug-likeness (QED) is 0.518. The Bertz CT molecular complexity index is 1350. The van der Waals surface area contributed by atoms with Crippen LogP contribution in [0.4, 0.5) is 4.39 Å². The minimum atomic E-state index is -0.365. The van der Waals surface area contributed by atoms with Crippen molar-refractivity contribution in [2.45, 2.75) is 13.1 Å². The summed E-state index contributed by atoms with van der Waals surface area (Å²) in [6.07, 6.45) is 2.85. The second-order valence-corrected chi connectivity index (χ2v) is 6.86. The third-order valence-corrected chi connectivity index (χ3v) is 4.75. The van der Waals surface area contributed by atoms with E-state index in [-0.39, 0.29) is 30.4 Å². The molecule has 0 fully saturated rings. The number of carbonyl (C=O) groups is 1. The molecule has 154 valence electrons. The lowest BCUT2D eigenvalue weighted by atomic mass is 10.1. The van der Waals surface area contributed by atoms with Crippen LogP contribution in [-0.2, 0) is 13.1 Å². The molecule has 4 rings (SSSR count). The Balaban J connectivity index is 1.44. The van der Waals surface area contributed by atoms with Crippen molar-refractivity contribution >= 4 is 16.9 Å². The molecule has 1 amide bonds. The van der Waals surface area contributed by atoms with E-state index in [1.165, 1.54) is 29.2 Å². The van der Waals surface area contributed by atoms with Gasteiger partial charge in [-0.3, -0.25) is 14.2 Å². The summed E-state index contributed by atoms with van der Waals surface area (Å²) in [6.45, 7) is 0.806. The summed E-state index contributed by atoms with van der Waals surface area (Å²) in [7, 11) is 0. The molecule has 0 radical (unpaired) electrons. The van der Waals surface area contributed by atoms with E-state index in [1.54, 1.807) is 41.1 Å². The summed E-state index contributed by atoms with van der Waals surface area (Å²) < 4.78 is 16.3. The van der Waals surface area contributed by atoms with Crippen LogP contribution in [0, 0.1) is 17.1 Å². The molecule has 0 saturated carbocycles. The molecule has 2 heterocycles. The van der Waals surface area contributed by atoms with Crippen molar-refractivity contribution in [3.8, 4) is 6.07 Å². The number of nitrogens with one attached hydrogen (secondary N) is 1. The van der Waals surface area contributed by atoms with Gasteiger partial charge in [-0.1, -0.05) is 12.1 Å². The van der Waals surface area contributed by atoms with Crippen molar-refractivity contribution in [3.63, 3.8) is 0 Å². The van der Waals surface area contributed by atoms with Gasteiger partial charge >= 0.3 is 0 Å². The first-order valence-corrected chi connectivity index (χ1v) is 9.49. The number of rotatable bonds is 6. The molecule has 0 aliphatic heterocycles. The van der Waals surface area contributed by atoms with Gasteiger partial charge in [-0.2, -0.15) is 10.4 Å². The van der Waals surface area contributed by atoms with Gasteiger partial charge in [0.25, 0.3) is 11.5 Å². The molecule has 0 saturated heterocycles. The third kappa shape index (κ3) is 4.33. The van der Waals surface area contributed by atoms with Crippen LogP contribution in [0.2, 0.25) is 0 Å². The van der Waals surface area contributed by atoms with Gasteiger partial charge in [0.05, 0.1) is 30.9 Å². The zero-order valence-corrected chi connectivity index (χ0v) is 16.3. The van der Waals surface area contributed by atoms with E-state index in [4.69, 9.17) is 5.26 Å². The second-order valence-electron chi connectivity index (χ2n) is 6.86. The van der Waals surface area contributed by atoms with Crippen LogP contribution in [0.1, 0.15) is 21.5 Å². The molecule has 0 aliphatic carbocycles. The summed E-state index contributed by atoms with van der Waals surface area (Å²) in [5.74, 6) is -0.637. The van der Waals surface area contributed by atoms with Gasteiger partial charge in [-0.25, -0.2) is 14.1 Å². The molecule has 9 heteroatoms. The van der Waals surface area contributed by atoms with E-state index in [2.05, 4.69) is 15.4 Å². The monoisotopic (exact) mass is 416 g/mol. The molecular weight excluding hydrogens is 399 g/mol. The molecular formula is C22H17FN6O2. The highest BCUT2D eigenvalue weighted by molar-refractivity contribution is 5.94. The number of halogens is 1. The second kappa shape index (κ2) is 8.59. The normalized spacial score (nSPS) is 10.7. The number of nitriles is 1. The van der Waals surface area contributed by atoms with Crippen LogP contribution in [0.5, 0.6) is 0 Å². The van der Waals surface area contributed by atoms with Gasteiger partial charge in [0.2, 0.25) is 0 Å². The Kier molecular flexibility index (Phi) is 5.53. The highest BCUT2D eigenvalue weighted by Gasteiger charge is 2.11. The molecule has 2 aromatic heterocycles. The first kappa shape index (κ1) is 20.0. The molecule has 0 spiro atoms. The van der Waals surface area contributed by atoms with Gasteiger partial charge < -0.3 is 5.32 Å². The molecule has 8 nitrogen and oxygen atoms in total. The molecule has 0 unspecified atom stereocenters. The zero-order valence-electron chi connectivity index (χ0n) is 16.3. The minimum absolute atomic E-state index is 0.200. The lowest BCUT2D eigenvalue weighted by Gasteiger charge is -2.08. The number of amides is 1. The summed E-state index contributed by atoms with van der Waals surface area (Å²) in [5, 5.41) is 16.1. The van der Waals surface area contributed by atoms with E-state index < -0.39 is 0 Å². The van der Waals surface area contributed by atoms with Crippen molar-refractivity contribution < 1.29 is 9.18 Å². The smallest absolute Gasteiger partial charge is 0.264 e. The van der Waals surface area contributed by atoms with Gasteiger partial charge in [-0.15, -0.1) is 0 Å². The van der Waals surface area contributed by atoms with Gasteiger partial charge in [-0.05, 0) is 42.0 Å². The Morgan fingerprint density at radius 2 is 2.00 bits per heavy atom. The van der Waals surface area contributed by atoms with E-state index in [0.717, 1.165) is 0 Å². The number of carbonyl (C=O) groups excluding carboxylic acids is 1. The number of benzene rings is 2. The van der Waals surface area contributed by atoms with Crippen LogP contribution in [-0.4, -0.2) is 31.8 Å². The fraction of sp³-hybridized carbons (Fsp3) is 0.136. The lowest BCUT2D eigenvalue weighted by molar-refractivity contribution is 0.0952. The lowest BCUT2D eigenvalue weighted by Crippen LogP contribution is -2.27. The largest absolute Gasteiger partial charge is 0.350 e. The Labute approximate surface area is 176 Å². The maximum Gasteiger partial charge on any atom is 0.264 e. The van der Waals surface area contributed by atoms with Crippen LogP contribution in [0.3, 0.4) is 0 Å². The number of hydrogen-bond donors (Lipinski definition) is 1. The van der Waals surface area contributed by atoms with E-state index in [1.807, 2.05) is 6.07 Å². The van der Waals surface area contributed by atoms with Crippen molar-refractivity contribution in [1.82, 2.24) is 24.6 Å². The zero-order chi connectivity index (χ0) is 21.8. The summed E-state index contributed by atoms with van der Waals surface area (Å²) in [4.78, 5) is 29.3. The molecule has 1 N–H and O–H groups in total.